The third-order valence-corrected chi connectivity index (χ3v) is 5.33. The molecule has 0 saturated carbocycles. The average molecular weight is 468 g/mol. The van der Waals surface area contributed by atoms with Gasteiger partial charge in [-0.3, -0.25) is 5.10 Å². The van der Waals surface area contributed by atoms with Gasteiger partial charge >= 0.3 is 0 Å². The lowest BCUT2D eigenvalue weighted by molar-refractivity contribution is 0.324. The first-order valence-corrected chi connectivity index (χ1v) is 9.72. The minimum absolute atomic E-state index is 0.434. The molecule has 0 unspecified atom stereocenters. The second-order valence-electron chi connectivity index (χ2n) is 6.29. The molecular formula is C21H18BrN5O3. The van der Waals surface area contributed by atoms with Gasteiger partial charge in [-0.15, -0.1) is 0 Å². The zero-order chi connectivity index (χ0) is 21.3. The summed E-state index contributed by atoms with van der Waals surface area (Å²) in [5.74, 6) is 2.17. The Bertz CT molecular complexity index is 1250. The Morgan fingerprint density at radius 3 is 2.40 bits per heavy atom. The molecule has 8 nitrogen and oxygen atoms in total. The molecule has 2 N–H and O–H groups in total. The first kappa shape index (κ1) is 19.7. The monoisotopic (exact) mass is 467 g/mol. The van der Waals surface area contributed by atoms with E-state index in [0.29, 0.717) is 40.0 Å². The molecule has 0 radical (unpaired) electrons. The molecule has 0 atom stereocenters. The van der Waals surface area contributed by atoms with Crippen LogP contribution in [0.25, 0.3) is 16.9 Å². The van der Waals surface area contributed by atoms with Gasteiger partial charge in [0.05, 0.1) is 27.0 Å². The number of methoxy groups -OCH3 is 3. The van der Waals surface area contributed by atoms with Crippen molar-refractivity contribution >= 4 is 33.1 Å². The van der Waals surface area contributed by atoms with Gasteiger partial charge in [-0.1, -0.05) is 12.1 Å². The number of aromatic amines is 1. The van der Waals surface area contributed by atoms with Gasteiger partial charge in [0.1, 0.15) is 17.3 Å². The van der Waals surface area contributed by atoms with Crippen LogP contribution in [0.5, 0.6) is 17.2 Å². The van der Waals surface area contributed by atoms with Gasteiger partial charge in [-0.25, -0.2) is 9.50 Å². The molecule has 4 rings (SSSR count). The molecule has 0 aliphatic heterocycles. The lowest BCUT2D eigenvalue weighted by atomic mass is 10.1. The largest absolute Gasteiger partial charge is 0.493 e. The quantitative estimate of drug-likeness (QED) is 0.425. The summed E-state index contributed by atoms with van der Waals surface area (Å²) in [5, 5.41) is 15.9. The summed E-state index contributed by atoms with van der Waals surface area (Å²) < 4.78 is 19.0. The predicted molar refractivity (Wildman–Crippen MR) is 117 cm³/mol. The van der Waals surface area contributed by atoms with Crippen LogP contribution in [0.2, 0.25) is 0 Å². The lowest BCUT2D eigenvalue weighted by Gasteiger charge is -2.14. The van der Waals surface area contributed by atoms with E-state index < -0.39 is 0 Å². The smallest absolute Gasteiger partial charge is 0.203 e. The summed E-state index contributed by atoms with van der Waals surface area (Å²) in [5.41, 5.74) is 3.15. The topological polar surface area (TPSA) is 96.6 Å². The van der Waals surface area contributed by atoms with E-state index in [1.54, 1.807) is 32.0 Å². The normalized spacial score (nSPS) is 10.6. The standard InChI is InChI=1S/C21H18BrN5O3/c1-28-16-8-12(9-17(29-2)19(16)30-3)18-21(25-15-7-5-4-6-14(15)22)27-20(26-18)13(10-23)11-24-27/h4-9,11,24-25H,1-3H3. The van der Waals surface area contributed by atoms with Crippen LogP contribution >= 0.6 is 15.9 Å². The molecule has 2 heterocycles. The number of hydrogen-bond acceptors (Lipinski definition) is 6. The first-order valence-electron chi connectivity index (χ1n) is 8.93. The maximum absolute atomic E-state index is 9.45. The minimum atomic E-state index is 0.434. The average Bonchev–Trinajstić information content (AvgIpc) is 3.33. The zero-order valence-corrected chi connectivity index (χ0v) is 18.1. The molecule has 0 spiro atoms. The van der Waals surface area contributed by atoms with Gasteiger partial charge in [0, 0.05) is 16.2 Å². The lowest BCUT2D eigenvalue weighted by Crippen LogP contribution is -1.99. The molecule has 2 aromatic carbocycles. The Labute approximate surface area is 181 Å². The second kappa shape index (κ2) is 8.00. The number of H-pyrrole nitrogens is 1. The Balaban J connectivity index is 1.96. The van der Waals surface area contributed by atoms with Crippen molar-refractivity contribution in [3.8, 4) is 34.6 Å². The second-order valence-corrected chi connectivity index (χ2v) is 7.14. The van der Waals surface area contributed by atoms with Crippen LogP contribution in [-0.2, 0) is 0 Å². The number of hydrogen-bond donors (Lipinski definition) is 2. The number of halogens is 1. The van der Waals surface area contributed by atoms with E-state index >= 15 is 0 Å². The number of nitriles is 1. The minimum Gasteiger partial charge on any atom is -0.493 e. The van der Waals surface area contributed by atoms with Gasteiger partial charge in [0.15, 0.2) is 23.0 Å². The highest BCUT2D eigenvalue weighted by atomic mass is 79.9. The number of nitrogens with zero attached hydrogens (tertiary/aromatic N) is 3. The molecule has 30 heavy (non-hydrogen) atoms. The molecular weight excluding hydrogens is 450 g/mol. The highest BCUT2D eigenvalue weighted by molar-refractivity contribution is 9.10. The number of para-hydroxylation sites is 1. The van der Waals surface area contributed by atoms with Gasteiger partial charge in [0.2, 0.25) is 5.75 Å². The molecule has 0 aliphatic rings. The third kappa shape index (κ3) is 3.21. The maximum atomic E-state index is 9.45. The number of benzene rings is 2. The molecule has 4 aromatic rings. The van der Waals surface area contributed by atoms with Crippen molar-refractivity contribution in [3.05, 3.63) is 52.6 Å². The molecule has 0 amide bonds. The fraction of sp³-hybridized carbons (Fsp3) is 0.143. The summed E-state index contributed by atoms with van der Waals surface area (Å²) in [6.07, 6.45) is 1.62. The number of aromatic nitrogens is 3. The van der Waals surface area contributed by atoms with E-state index in [0.717, 1.165) is 15.7 Å². The zero-order valence-electron chi connectivity index (χ0n) is 16.5. The Hall–Kier alpha value is -3.64. The molecule has 0 bridgehead atoms. The van der Waals surface area contributed by atoms with Crippen molar-refractivity contribution in [1.82, 2.24) is 14.6 Å². The van der Waals surface area contributed by atoms with Crippen LogP contribution in [0.3, 0.4) is 0 Å². The van der Waals surface area contributed by atoms with Crippen LogP contribution < -0.4 is 19.5 Å². The summed E-state index contributed by atoms with van der Waals surface area (Å²) in [4.78, 5) is 4.73. The van der Waals surface area contributed by atoms with Crippen LogP contribution in [0.1, 0.15) is 5.56 Å². The van der Waals surface area contributed by atoms with Crippen molar-refractivity contribution < 1.29 is 14.2 Å². The van der Waals surface area contributed by atoms with Crippen molar-refractivity contribution in [2.45, 2.75) is 0 Å². The van der Waals surface area contributed by atoms with Crippen molar-refractivity contribution in [1.29, 1.82) is 5.26 Å². The fourth-order valence-electron chi connectivity index (χ4n) is 3.23. The molecule has 9 heteroatoms. The van der Waals surface area contributed by atoms with Gasteiger partial charge in [-0.05, 0) is 40.2 Å². The summed E-state index contributed by atoms with van der Waals surface area (Å²) >= 11 is 3.56. The van der Waals surface area contributed by atoms with E-state index in [1.165, 1.54) is 0 Å². The van der Waals surface area contributed by atoms with Crippen LogP contribution in [0, 0.1) is 11.3 Å². The van der Waals surface area contributed by atoms with Crippen LogP contribution in [0.15, 0.2) is 47.1 Å². The van der Waals surface area contributed by atoms with Crippen molar-refractivity contribution in [2.24, 2.45) is 0 Å². The van der Waals surface area contributed by atoms with Gasteiger partial charge in [-0.2, -0.15) is 5.26 Å². The summed E-state index contributed by atoms with van der Waals surface area (Å²) in [6.45, 7) is 0. The number of imidazole rings is 1. The van der Waals surface area contributed by atoms with E-state index in [4.69, 9.17) is 19.2 Å². The van der Waals surface area contributed by atoms with E-state index in [-0.39, 0.29) is 0 Å². The molecule has 0 aliphatic carbocycles. The molecule has 152 valence electrons. The fourth-order valence-corrected chi connectivity index (χ4v) is 3.61. The Morgan fingerprint density at radius 1 is 1.10 bits per heavy atom. The number of rotatable bonds is 6. The predicted octanol–water partition coefficient (Wildman–Crippen LogP) is 4.73. The van der Waals surface area contributed by atoms with Crippen molar-refractivity contribution in [3.63, 3.8) is 0 Å². The SMILES string of the molecule is COc1cc(-c2nc3c(C#N)c[nH]n3c2Nc2ccccc2Br)cc(OC)c1OC. The third-order valence-electron chi connectivity index (χ3n) is 4.64. The van der Waals surface area contributed by atoms with Crippen LogP contribution in [0.4, 0.5) is 11.5 Å². The van der Waals surface area contributed by atoms with Gasteiger partial charge in [0.25, 0.3) is 0 Å². The number of ether oxygens (including phenoxy) is 3. The molecule has 0 fully saturated rings. The van der Waals surface area contributed by atoms with Crippen molar-refractivity contribution in [2.75, 3.05) is 26.6 Å². The summed E-state index contributed by atoms with van der Waals surface area (Å²) in [6, 6.07) is 13.5. The van der Waals surface area contributed by atoms with Crippen LogP contribution in [-0.4, -0.2) is 35.9 Å². The highest BCUT2D eigenvalue weighted by Gasteiger charge is 2.22. The first-order chi connectivity index (χ1) is 14.6. The summed E-state index contributed by atoms with van der Waals surface area (Å²) in [7, 11) is 4.68. The van der Waals surface area contributed by atoms with Gasteiger partial charge < -0.3 is 19.5 Å². The molecule has 2 aromatic heterocycles. The number of nitrogens with one attached hydrogen (secondary N) is 2. The van der Waals surface area contributed by atoms with E-state index in [2.05, 4.69) is 32.4 Å². The van der Waals surface area contributed by atoms with E-state index in [9.17, 15) is 5.26 Å². The number of fused-ring (bicyclic) bond motifs is 1. The number of anilines is 2. The van der Waals surface area contributed by atoms with E-state index in [1.807, 2.05) is 36.4 Å². The molecule has 0 saturated heterocycles. The maximum Gasteiger partial charge on any atom is 0.203 e. The highest BCUT2D eigenvalue weighted by Crippen LogP contribution is 2.43. The Kier molecular flexibility index (Phi) is 5.25. The Morgan fingerprint density at radius 2 is 1.80 bits per heavy atom.